The number of carbonyl (C=O) groups is 1. The van der Waals surface area contributed by atoms with Gasteiger partial charge in [-0.25, -0.2) is 13.8 Å². The molecule has 0 unspecified atom stereocenters. The molecule has 1 aliphatic heterocycles. The fraction of sp³-hybridized carbons (Fsp3) is 0.263. The monoisotopic (exact) mass is 358 g/mol. The summed E-state index contributed by atoms with van der Waals surface area (Å²) >= 11 is 0. The predicted octanol–water partition coefficient (Wildman–Crippen LogP) is 2.29. The normalized spacial score (nSPS) is 15.5. The van der Waals surface area contributed by atoms with E-state index < -0.39 is 17.5 Å². The van der Waals surface area contributed by atoms with E-state index in [-0.39, 0.29) is 0 Å². The van der Waals surface area contributed by atoms with E-state index in [4.69, 9.17) is 5.73 Å². The Hall–Kier alpha value is -2.80. The second-order valence-corrected chi connectivity index (χ2v) is 6.10. The van der Waals surface area contributed by atoms with Crippen LogP contribution in [0.5, 0.6) is 0 Å². The number of pyridine rings is 1. The third-order valence-corrected chi connectivity index (χ3v) is 4.34. The van der Waals surface area contributed by atoms with Gasteiger partial charge in [-0.15, -0.1) is 0 Å². The maximum Gasteiger partial charge on any atom is 0.252 e. The summed E-state index contributed by atoms with van der Waals surface area (Å²) in [6.07, 6.45) is 5.36. The van der Waals surface area contributed by atoms with Gasteiger partial charge in [-0.1, -0.05) is 18.2 Å². The fourth-order valence-corrected chi connectivity index (χ4v) is 2.94. The Morgan fingerprint density at radius 1 is 1.15 bits per heavy atom. The average molecular weight is 358 g/mol. The Morgan fingerprint density at radius 3 is 2.62 bits per heavy atom. The average Bonchev–Trinajstić information content (AvgIpc) is 2.65. The second kappa shape index (κ2) is 8.05. The molecular weight excluding hydrogens is 338 g/mol. The maximum atomic E-state index is 13.2. The van der Waals surface area contributed by atoms with Crippen molar-refractivity contribution in [1.82, 2.24) is 9.88 Å². The van der Waals surface area contributed by atoms with Crippen molar-refractivity contribution in [3.8, 4) is 0 Å². The number of hydrogen-bond acceptors (Lipinski definition) is 4. The van der Waals surface area contributed by atoms with Crippen LogP contribution in [-0.4, -0.2) is 48.5 Å². The minimum Gasteiger partial charge on any atom is -0.365 e. The molecule has 2 aromatic rings. The van der Waals surface area contributed by atoms with Gasteiger partial charge in [0.1, 0.15) is 5.82 Å². The smallest absolute Gasteiger partial charge is 0.252 e. The minimum absolute atomic E-state index is 0.430. The maximum absolute atomic E-state index is 13.2. The van der Waals surface area contributed by atoms with Crippen molar-refractivity contribution in [2.75, 3.05) is 37.6 Å². The Morgan fingerprint density at radius 2 is 1.92 bits per heavy atom. The molecule has 1 amide bonds. The van der Waals surface area contributed by atoms with Gasteiger partial charge in [-0.3, -0.25) is 9.69 Å². The summed E-state index contributed by atoms with van der Waals surface area (Å²) in [5.41, 5.74) is 6.47. The molecule has 1 aromatic carbocycles. The van der Waals surface area contributed by atoms with Crippen LogP contribution in [0.3, 0.4) is 0 Å². The lowest BCUT2D eigenvalue weighted by Crippen LogP contribution is -2.47. The molecule has 2 N–H and O–H groups in total. The molecule has 1 fully saturated rings. The quantitative estimate of drug-likeness (QED) is 0.891. The standard InChI is InChI=1S/C19H20F2N4O/c20-16-6-5-14(13-17(16)21)3-2-8-24-9-11-25(12-10-24)19-15(18(22)26)4-1-7-23-19/h1-7,13H,8-12H2,(H2,22,26). The largest absolute Gasteiger partial charge is 0.365 e. The Labute approximate surface area is 150 Å². The van der Waals surface area contributed by atoms with Crippen LogP contribution in [0.4, 0.5) is 14.6 Å². The molecule has 5 nitrogen and oxygen atoms in total. The highest BCUT2D eigenvalue weighted by molar-refractivity contribution is 5.97. The van der Waals surface area contributed by atoms with Gasteiger partial charge in [0.15, 0.2) is 11.6 Å². The lowest BCUT2D eigenvalue weighted by atomic mass is 10.2. The molecule has 26 heavy (non-hydrogen) atoms. The number of amides is 1. The van der Waals surface area contributed by atoms with Gasteiger partial charge in [-0.05, 0) is 29.8 Å². The number of carbonyl (C=O) groups excluding carboxylic acids is 1. The van der Waals surface area contributed by atoms with Crippen LogP contribution in [0, 0.1) is 11.6 Å². The van der Waals surface area contributed by atoms with Crippen LogP contribution in [0.25, 0.3) is 6.08 Å². The lowest BCUT2D eigenvalue weighted by molar-refractivity contribution is 0.1000. The molecule has 2 heterocycles. The Balaban J connectivity index is 1.55. The number of anilines is 1. The summed E-state index contributed by atoms with van der Waals surface area (Å²) in [4.78, 5) is 20.1. The SMILES string of the molecule is NC(=O)c1cccnc1N1CCN(CC=Cc2ccc(F)c(F)c2)CC1. The number of primary amides is 1. The summed E-state index contributed by atoms with van der Waals surface area (Å²) in [5, 5.41) is 0. The molecule has 0 radical (unpaired) electrons. The van der Waals surface area contributed by atoms with E-state index in [1.165, 1.54) is 6.07 Å². The van der Waals surface area contributed by atoms with Crippen LogP contribution >= 0.6 is 0 Å². The number of nitrogens with zero attached hydrogens (tertiary/aromatic N) is 3. The molecule has 1 aromatic heterocycles. The van der Waals surface area contributed by atoms with Crippen molar-refractivity contribution >= 4 is 17.8 Å². The van der Waals surface area contributed by atoms with Gasteiger partial charge in [-0.2, -0.15) is 0 Å². The van der Waals surface area contributed by atoms with Crippen LogP contribution in [0.1, 0.15) is 15.9 Å². The van der Waals surface area contributed by atoms with Gasteiger partial charge >= 0.3 is 0 Å². The molecular formula is C19H20F2N4O. The van der Waals surface area contributed by atoms with E-state index in [0.717, 1.165) is 32.2 Å². The fourth-order valence-electron chi connectivity index (χ4n) is 2.94. The Kier molecular flexibility index (Phi) is 5.58. The first-order chi connectivity index (χ1) is 12.5. The Bertz CT molecular complexity index is 817. The first-order valence-corrected chi connectivity index (χ1v) is 8.38. The summed E-state index contributed by atoms with van der Waals surface area (Å²) in [6.45, 7) is 3.78. The molecule has 0 saturated carbocycles. The van der Waals surface area contributed by atoms with E-state index in [0.29, 0.717) is 23.5 Å². The van der Waals surface area contributed by atoms with Crippen molar-refractivity contribution in [2.24, 2.45) is 5.73 Å². The highest BCUT2D eigenvalue weighted by atomic mass is 19.2. The van der Waals surface area contributed by atoms with E-state index in [2.05, 4.69) is 14.8 Å². The number of hydrogen-bond donors (Lipinski definition) is 1. The molecule has 0 spiro atoms. The van der Waals surface area contributed by atoms with Gasteiger partial charge in [0, 0.05) is 38.9 Å². The van der Waals surface area contributed by atoms with Crippen molar-refractivity contribution in [1.29, 1.82) is 0 Å². The van der Waals surface area contributed by atoms with E-state index >= 15 is 0 Å². The number of nitrogens with two attached hydrogens (primary N) is 1. The van der Waals surface area contributed by atoms with E-state index in [1.54, 1.807) is 30.5 Å². The lowest BCUT2D eigenvalue weighted by Gasteiger charge is -2.35. The number of halogens is 2. The highest BCUT2D eigenvalue weighted by Crippen LogP contribution is 2.18. The second-order valence-electron chi connectivity index (χ2n) is 6.10. The summed E-state index contributed by atoms with van der Waals surface area (Å²) in [6, 6.07) is 7.22. The van der Waals surface area contributed by atoms with Crippen LogP contribution < -0.4 is 10.6 Å². The zero-order chi connectivity index (χ0) is 18.5. The zero-order valence-electron chi connectivity index (χ0n) is 14.2. The predicted molar refractivity (Wildman–Crippen MR) is 96.8 cm³/mol. The number of rotatable bonds is 5. The molecule has 7 heteroatoms. The van der Waals surface area contributed by atoms with Gasteiger partial charge in [0.25, 0.3) is 5.91 Å². The van der Waals surface area contributed by atoms with E-state index in [1.807, 2.05) is 6.08 Å². The summed E-state index contributed by atoms with van der Waals surface area (Å²) in [7, 11) is 0. The number of benzene rings is 1. The molecule has 0 atom stereocenters. The third kappa shape index (κ3) is 4.23. The first-order valence-electron chi connectivity index (χ1n) is 8.38. The molecule has 1 saturated heterocycles. The molecule has 0 bridgehead atoms. The topological polar surface area (TPSA) is 62.5 Å². The van der Waals surface area contributed by atoms with Crippen LogP contribution in [0.15, 0.2) is 42.6 Å². The van der Waals surface area contributed by atoms with Crippen molar-refractivity contribution in [2.45, 2.75) is 0 Å². The first kappa shape index (κ1) is 18.0. The molecule has 136 valence electrons. The minimum atomic E-state index is -0.846. The van der Waals surface area contributed by atoms with Crippen molar-refractivity contribution in [3.63, 3.8) is 0 Å². The number of piperazine rings is 1. The number of aromatic nitrogens is 1. The zero-order valence-corrected chi connectivity index (χ0v) is 14.2. The van der Waals surface area contributed by atoms with Gasteiger partial charge in [0.05, 0.1) is 5.56 Å². The van der Waals surface area contributed by atoms with Crippen molar-refractivity contribution < 1.29 is 13.6 Å². The third-order valence-electron chi connectivity index (χ3n) is 4.34. The van der Waals surface area contributed by atoms with E-state index in [9.17, 15) is 13.6 Å². The molecule has 0 aliphatic carbocycles. The summed E-state index contributed by atoms with van der Waals surface area (Å²) < 4.78 is 26.1. The molecule has 1 aliphatic rings. The van der Waals surface area contributed by atoms with Crippen LogP contribution in [-0.2, 0) is 0 Å². The van der Waals surface area contributed by atoms with Gasteiger partial charge in [0.2, 0.25) is 0 Å². The van der Waals surface area contributed by atoms with Gasteiger partial charge < -0.3 is 10.6 Å². The highest BCUT2D eigenvalue weighted by Gasteiger charge is 2.20. The van der Waals surface area contributed by atoms with Crippen LogP contribution in [0.2, 0.25) is 0 Å². The summed E-state index contributed by atoms with van der Waals surface area (Å²) in [5.74, 6) is -1.55. The molecule has 3 rings (SSSR count). The van der Waals surface area contributed by atoms with Crippen molar-refractivity contribution in [3.05, 3.63) is 65.4 Å².